The standard InChI is InChI=1S/C13H15ClN2O4S/c1-3-10-13(18)15-12(17)7-16(10)21(19,20)11-5-4-9(14)6-8(11)2/h4-6,10H,3,7H2,1-2H3,(H,15,17,18). The van der Waals surface area contributed by atoms with Gasteiger partial charge < -0.3 is 0 Å². The lowest BCUT2D eigenvalue weighted by Gasteiger charge is -2.32. The minimum Gasteiger partial charge on any atom is -0.294 e. The third-order valence-corrected chi connectivity index (χ3v) is 5.57. The number of halogens is 1. The van der Waals surface area contributed by atoms with Crippen LogP contribution < -0.4 is 5.32 Å². The molecular weight excluding hydrogens is 316 g/mol. The van der Waals surface area contributed by atoms with Gasteiger partial charge in [-0.25, -0.2) is 8.42 Å². The molecule has 0 aliphatic carbocycles. The van der Waals surface area contributed by atoms with E-state index in [-0.39, 0.29) is 17.9 Å². The highest BCUT2D eigenvalue weighted by Gasteiger charge is 2.40. The zero-order valence-corrected chi connectivity index (χ0v) is 13.2. The second-order valence-electron chi connectivity index (χ2n) is 4.80. The number of aryl methyl sites for hydroxylation is 1. The number of imide groups is 1. The maximum Gasteiger partial charge on any atom is 0.245 e. The lowest BCUT2D eigenvalue weighted by atomic mass is 10.2. The molecule has 1 fully saturated rings. The van der Waals surface area contributed by atoms with Gasteiger partial charge in [0.25, 0.3) is 0 Å². The highest BCUT2D eigenvalue weighted by Crippen LogP contribution is 2.26. The normalized spacial score (nSPS) is 20.4. The first-order chi connectivity index (χ1) is 9.77. The molecule has 1 N–H and O–H groups in total. The van der Waals surface area contributed by atoms with Crippen LogP contribution in [-0.2, 0) is 19.6 Å². The van der Waals surface area contributed by atoms with E-state index in [1.165, 1.54) is 18.2 Å². The largest absolute Gasteiger partial charge is 0.294 e. The minimum atomic E-state index is -3.94. The van der Waals surface area contributed by atoms with E-state index in [2.05, 4.69) is 5.32 Å². The Hall–Kier alpha value is -1.44. The van der Waals surface area contributed by atoms with Crippen molar-refractivity contribution in [3.05, 3.63) is 28.8 Å². The Morgan fingerprint density at radius 3 is 2.62 bits per heavy atom. The van der Waals surface area contributed by atoms with Crippen LogP contribution in [0.1, 0.15) is 18.9 Å². The van der Waals surface area contributed by atoms with Gasteiger partial charge in [-0.1, -0.05) is 18.5 Å². The lowest BCUT2D eigenvalue weighted by Crippen LogP contribution is -2.59. The molecule has 1 aromatic carbocycles. The smallest absolute Gasteiger partial charge is 0.245 e. The molecule has 114 valence electrons. The van der Waals surface area contributed by atoms with E-state index in [0.29, 0.717) is 10.6 Å². The first-order valence-corrected chi connectivity index (χ1v) is 8.21. The van der Waals surface area contributed by atoms with E-state index in [4.69, 9.17) is 11.6 Å². The Morgan fingerprint density at radius 2 is 2.05 bits per heavy atom. The molecule has 1 saturated heterocycles. The predicted molar refractivity (Wildman–Crippen MR) is 77.3 cm³/mol. The van der Waals surface area contributed by atoms with Gasteiger partial charge in [-0.05, 0) is 37.1 Å². The number of hydrogen-bond donors (Lipinski definition) is 1. The zero-order chi connectivity index (χ0) is 15.8. The van der Waals surface area contributed by atoms with E-state index in [9.17, 15) is 18.0 Å². The average molecular weight is 331 g/mol. The molecule has 21 heavy (non-hydrogen) atoms. The van der Waals surface area contributed by atoms with Crippen molar-refractivity contribution in [1.29, 1.82) is 0 Å². The molecule has 1 aromatic rings. The maximum absolute atomic E-state index is 12.7. The second kappa shape index (κ2) is 5.75. The summed E-state index contributed by atoms with van der Waals surface area (Å²) in [7, 11) is -3.94. The Bertz CT molecular complexity index is 702. The number of piperazine rings is 1. The van der Waals surface area contributed by atoms with E-state index in [1.54, 1.807) is 13.8 Å². The van der Waals surface area contributed by atoms with Gasteiger partial charge in [0.2, 0.25) is 21.8 Å². The number of carbonyl (C=O) groups excluding carboxylic acids is 2. The van der Waals surface area contributed by atoms with Crippen molar-refractivity contribution in [2.75, 3.05) is 6.54 Å². The summed E-state index contributed by atoms with van der Waals surface area (Å²) in [5.41, 5.74) is 0.468. The summed E-state index contributed by atoms with van der Waals surface area (Å²) in [6, 6.07) is 3.49. The van der Waals surface area contributed by atoms with Gasteiger partial charge in [-0.3, -0.25) is 14.9 Å². The van der Waals surface area contributed by atoms with Gasteiger partial charge in [0.05, 0.1) is 11.4 Å². The molecule has 1 atom stereocenters. The van der Waals surface area contributed by atoms with Gasteiger partial charge in [0.1, 0.15) is 6.04 Å². The molecular formula is C13H15ClN2O4S. The molecule has 2 amide bonds. The molecule has 0 bridgehead atoms. The third kappa shape index (κ3) is 2.95. The summed E-state index contributed by atoms with van der Waals surface area (Å²) in [4.78, 5) is 23.4. The third-order valence-electron chi connectivity index (χ3n) is 3.32. The van der Waals surface area contributed by atoms with Crippen molar-refractivity contribution in [3.63, 3.8) is 0 Å². The number of carbonyl (C=O) groups is 2. The molecule has 0 radical (unpaired) electrons. The number of amides is 2. The summed E-state index contributed by atoms with van der Waals surface area (Å²) in [6.45, 7) is 2.94. The van der Waals surface area contributed by atoms with Crippen LogP contribution in [0.3, 0.4) is 0 Å². The number of hydrogen-bond acceptors (Lipinski definition) is 4. The summed E-state index contributed by atoms with van der Waals surface area (Å²) in [5, 5.41) is 2.57. The fourth-order valence-electron chi connectivity index (χ4n) is 2.31. The molecule has 6 nitrogen and oxygen atoms in total. The second-order valence-corrected chi connectivity index (χ2v) is 7.09. The first-order valence-electron chi connectivity index (χ1n) is 6.39. The summed E-state index contributed by atoms with van der Waals surface area (Å²) < 4.78 is 26.4. The van der Waals surface area contributed by atoms with Crippen molar-refractivity contribution in [2.24, 2.45) is 0 Å². The van der Waals surface area contributed by atoms with Crippen LogP contribution >= 0.6 is 11.6 Å². The molecule has 0 spiro atoms. The highest BCUT2D eigenvalue weighted by molar-refractivity contribution is 7.89. The summed E-state index contributed by atoms with van der Waals surface area (Å²) in [6.07, 6.45) is 0.283. The van der Waals surface area contributed by atoms with E-state index in [1.807, 2.05) is 0 Å². The number of sulfonamides is 1. The Balaban J connectivity index is 2.50. The lowest BCUT2D eigenvalue weighted by molar-refractivity contribution is -0.137. The van der Waals surface area contributed by atoms with Gasteiger partial charge in [0.15, 0.2) is 0 Å². The van der Waals surface area contributed by atoms with Gasteiger partial charge >= 0.3 is 0 Å². The van der Waals surface area contributed by atoms with Gasteiger partial charge in [0, 0.05) is 5.02 Å². The number of nitrogens with one attached hydrogen (secondary N) is 1. The van der Waals surface area contributed by atoms with E-state index >= 15 is 0 Å². The number of rotatable bonds is 3. The monoisotopic (exact) mass is 330 g/mol. The van der Waals surface area contributed by atoms with Crippen molar-refractivity contribution >= 4 is 33.4 Å². The number of benzene rings is 1. The molecule has 1 aliphatic heterocycles. The predicted octanol–water partition coefficient (Wildman–Crippen LogP) is 1.07. The molecule has 2 rings (SSSR count). The minimum absolute atomic E-state index is 0.0489. The molecule has 1 unspecified atom stereocenters. The molecule has 0 aromatic heterocycles. The summed E-state index contributed by atoms with van der Waals surface area (Å²) in [5.74, 6) is -1.22. The fraction of sp³-hybridized carbons (Fsp3) is 0.385. The van der Waals surface area contributed by atoms with Gasteiger partial charge in [-0.2, -0.15) is 4.31 Å². The van der Waals surface area contributed by atoms with Crippen molar-refractivity contribution in [2.45, 2.75) is 31.2 Å². The van der Waals surface area contributed by atoms with Crippen molar-refractivity contribution in [1.82, 2.24) is 9.62 Å². The molecule has 1 aliphatic rings. The fourth-order valence-corrected chi connectivity index (χ4v) is 4.37. The Morgan fingerprint density at radius 1 is 1.38 bits per heavy atom. The van der Waals surface area contributed by atoms with Crippen LogP contribution in [0.25, 0.3) is 0 Å². The molecule has 1 heterocycles. The quantitative estimate of drug-likeness (QED) is 0.840. The SMILES string of the molecule is CCC1C(=O)NC(=O)CN1S(=O)(=O)c1ccc(Cl)cc1C. The Kier molecular flexibility index (Phi) is 4.36. The maximum atomic E-state index is 12.7. The average Bonchev–Trinajstić information content (AvgIpc) is 2.37. The molecule has 0 saturated carbocycles. The van der Waals surface area contributed by atoms with Crippen LogP contribution in [0.5, 0.6) is 0 Å². The first kappa shape index (κ1) is 15.9. The van der Waals surface area contributed by atoms with Crippen LogP contribution in [0, 0.1) is 6.92 Å². The number of nitrogens with zero attached hydrogens (tertiary/aromatic N) is 1. The molecule has 8 heteroatoms. The van der Waals surface area contributed by atoms with Gasteiger partial charge in [-0.15, -0.1) is 0 Å². The van der Waals surface area contributed by atoms with E-state index < -0.39 is 27.9 Å². The Labute approximate surface area is 128 Å². The van der Waals surface area contributed by atoms with Crippen LogP contribution in [-0.4, -0.2) is 37.1 Å². The van der Waals surface area contributed by atoms with Crippen molar-refractivity contribution < 1.29 is 18.0 Å². The summed E-state index contributed by atoms with van der Waals surface area (Å²) >= 11 is 5.83. The van der Waals surface area contributed by atoms with E-state index in [0.717, 1.165) is 4.31 Å². The highest BCUT2D eigenvalue weighted by atomic mass is 35.5. The van der Waals surface area contributed by atoms with Crippen LogP contribution in [0.4, 0.5) is 0 Å². The topological polar surface area (TPSA) is 83.6 Å². The van der Waals surface area contributed by atoms with Crippen LogP contribution in [0.15, 0.2) is 23.1 Å². The zero-order valence-electron chi connectivity index (χ0n) is 11.6. The van der Waals surface area contributed by atoms with Crippen molar-refractivity contribution in [3.8, 4) is 0 Å². The van der Waals surface area contributed by atoms with Crippen LogP contribution in [0.2, 0.25) is 5.02 Å².